The molecule has 2 aliphatic rings. The van der Waals surface area contributed by atoms with Crippen molar-refractivity contribution >= 4 is 23.3 Å². The molecule has 5 heteroatoms. The average Bonchev–Trinajstić information content (AvgIpc) is 2.92. The predicted molar refractivity (Wildman–Crippen MR) is 107 cm³/mol. The summed E-state index contributed by atoms with van der Waals surface area (Å²) in [5, 5.41) is 9.63. The Kier molecular flexibility index (Phi) is 4.55. The largest absolute Gasteiger partial charge is 0.485 e. The number of anilines is 1. The number of hydrogen-bond donors (Lipinski definition) is 1. The van der Waals surface area contributed by atoms with Crippen molar-refractivity contribution in [1.29, 1.82) is 0 Å². The molecule has 0 radical (unpaired) electrons. The van der Waals surface area contributed by atoms with E-state index in [2.05, 4.69) is 30.9 Å². The fourth-order valence-corrected chi connectivity index (χ4v) is 4.34. The molecule has 0 saturated carbocycles. The van der Waals surface area contributed by atoms with Crippen molar-refractivity contribution in [3.05, 3.63) is 57.6 Å². The third-order valence-corrected chi connectivity index (χ3v) is 5.57. The minimum atomic E-state index is -0.753. The van der Waals surface area contributed by atoms with Crippen LogP contribution in [0.25, 0.3) is 0 Å². The van der Waals surface area contributed by atoms with Crippen LogP contribution in [0.2, 0.25) is 5.02 Å². The van der Waals surface area contributed by atoms with Crippen LogP contribution in [0.4, 0.5) is 5.69 Å². The number of aryl methyl sites for hydroxylation is 1. The quantitative estimate of drug-likeness (QED) is 0.833. The van der Waals surface area contributed by atoms with Gasteiger partial charge in [-0.1, -0.05) is 29.8 Å². The van der Waals surface area contributed by atoms with Gasteiger partial charge in [-0.25, -0.2) is 0 Å². The number of hydrogen-bond acceptors (Lipinski definition) is 3. The van der Waals surface area contributed by atoms with Gasteiger partial charge in [-0.05, 0) is 55.5 Å². The molecule has 142 valence electrons. The van der Waals surface area contributed by atoms with Crippen LogP contribution >= 0.6 is 11.6 Å². The van der Waals surface area contributed by atoms with Crippen LogP contribution in [0.3, 0.4) is 0 Å². The van der Waals surface area contributed by atoms with Crippen molar-refractivity contribution in [3.63, 3.8) is 0 Å². The highest BCUT2D eigenvalue weighted by atomic mass is 35.5. The molecule has 4 nitrogen and oxygen atoms in total. The monoisotopic (exact) mass is 385 g/mol. The zero-order chi connectivity index (χ0) is 19.2. The fraction of sp³-hybridized carbons (Fsp3) is 0.409. The van der Waals surface area contributed by atoms with Gasteiger partial charge >= 0.3 is 5.97 Å². The molecule has 2 heterocycles. The maximum absolute atomic E-state index is 10.8. The molecule has 0 spiro atoms. The van der Waals surface area contributed by atoms with Gasteiger partial charge in [-0.3, -0.25) is 4.79 Å². The number of carboxylic acid groups (broad SMARTS) is 1. The molecule has 2 aromatic rings. The zero-order valence-corrected chi connectivity index (χ0v) is 16.5. The Morgan fingerprint density at radius 3 is 2.81 bits per heavy atom. The maximum Gasteiger partial charge on any atom is 0.303 e. The first kappa shape index (κ1) is 18.2. The number of carbonyl (C=O) groups is 1. The summed E-state index contributed by atoms with van der Waals surface area (Å²) >= 11 is 6.39. The molecule has 0 bridgehead atoms. The predicted octanol–water partition coefficient (Wildman–Crippen LogP) is 4.63. The zero-order valence-electron chi connectivity index (χ0n) is 15.7. The average molecular weight is 386 g/mol. The van der Waals surface area contributed by atoms with Crippen molar-refractivity contribution < 1.29 is 14.6 Å². The summed E-state index contributed by atoms with van der Waals surface area (Å²) in [7, 11) is 0. The van der Waals surface area contributed by atoms with Crippen LogP contribution in [0.5, 0.6) is 5.75 Å². The van der Waals surface area contributed by atoms with Gasteiger partial charge in [0.2, 0.25) is 0 Å². The smallest absolute Gasteiger partial charge is 0.303 e. The lowest BCUT2D eigenvalue weighted by molar-refractivity contribution is -0.136. The Labute approximate surface area is 164 Å². The lowest BCUT2D eigenvalue weighted by atomic mass is 9.95. The lowest BCUT2D eigenvalue weighted by Gasteiger charge is -2.32. The number of carboxylic acids is 1. The van der Waals surface area contributed by atoms with Crippen molar-refractivity contribution in [1.82, 2.24) is 0 Å². The van der Waals surface area contributed by atoms with E-state index in [1.807, 2.05) is 18.2 Å². The van der Waals surface area contributed by atoms with Crippen LogP contribution < -0.4 is 9.64 Å². The topological polar surface area (TPSA) is 49.8 Å². The van der Waals surface area contributed by atoms with Crippen molar-refractivity contribution in [3.8, 4) is 5.75 Å². The normalized spacial score (nSPS) is 17.2. The molecule has 0 amide bonds. The third kappa shape index (κ3) is 3.77. The Hall–Kier alpha value is -2.20. The summed E-state index contributed by atoms with van der Waals surface area (Å²) in [5.41, 5.74) is 5.74. The number of ether oxygens (including phenoxy) is 1. The standard InChI is InChI=1S/C22H24ClNO3/c1-22(2)12-17-10-18(23)11-19(21(17)27-22)24-8-7-15-9-14(4-6-20(25)26)3-5-16(15)13-24/h3,5,9-11H,4,6-8,12-13H2,1-2H3,(H,25,26). The summed E-state index contributed by atoms with van der Waals surface area (Å²) in [6, 6.07) is 10.4. The molecule has 0 fully saturated rings. The Morgan fingerprint density at radius 2 is 2.04 bits per heavy atom. The Morgan fingerprint density at radius 1 is 1.22 bits per heavy atom. The van der Waals surface area contributed by atoms with Crippen molar-refractivity contribution in [2.45, 2.75) is 51.7 Å². The van der Waals surface area contributed by atoms with E-state index in [1.54, 1.807) is 0 Å². The fourth-order valence-electron chi connectivity index (χ4n) is 4.11. The van der Waals surface area contributed by atoms with Crippen molar-refractivity contribution in [2.75, 3.05) is 11.4 Å². The lowest BCUT2D eigenvalue weighted by Crippen LogP contribution is -2.31. The molecule has 0 aromatic heterocycles. The number of aliphatic carboxylic acids is 1. The van der Waals surface area contributed by atoms with E-state index in [-0.39, 0.29) is 12.0 Å². The summed E-state index contributed by atoms with van der Waals surface area (Å²) < 4.78 is 6.24. The highest BCUT2D eigenvalue weighted by Crippen LogP contribution is 2.45. The number of halogens is 1. The molecular formula is C22H24ClNO3. The number of fused-ring (bicyclic) bond motifs is 2. The molecule has 0 aliphatic carbocycles. The van der Waals surface area contributed by atoms with E-state index in [0.717, 1.165) is 48.0 Å². The van der Waals surface area contributed by atoms with Crippen LogP contribution in [0.15, 0.2) is 30.3 Å². The maximum atomic E-state index is 10.8. The first-order valence-electron chi connectivity index (χ1n) is 9.40. The SMILES string of the molecule is CC1(C)Cc2cc(Cl)cc(N3CCc4cc(CCC(=O)O)ccc4C3)c2O1. The molecule has 27 heavy (non-hydrogen) atoms. The molecule has 2 aromatic carbocycles. The van der Waals surface area contributed by atoms with Crippen LogP contribution in [-0.4, -0.2) is 23.2 Å². The van der Waals surface area contributed by atoms with Gasteiger partial charge in [-0.15, -0.1) is 0 Å². The van der Waals surface area contributed by atoms with Gasteiger partial charge in [0.05, 0.1) is 5.69 Å². The van der Waals surface area contributed by atoms with Crippen LogP contribution in [0, 0.1) is 0 Å². The van der Waals surface area contributed by atoms with Gasteiger partial charge in [0.1, 0.15) is 11.4 Å². The molecule has 0 atom stereocenters. The molecule has 2 aliphatic heterocycles. The molecule has 0 unspecified atom stereocenters. The third-order valence-electron chi connectivity index (χ3n) is 5.36. The van der Waals surface area contributed by atoms with Crippen LogP contribution in [-0.2, 0) is 30.6 Å². The minimum Gasteiger partial charge on any atom is -0.485 e. The Bertz CT molecular complexity index is 907. The summed E-state index contributed by atoms with van der Waals surface area (Å²) in [4.78, 5) is 13.1. The molecule has 4 rings (SSSR count). The first-order chi connectivity index (χ1) is 12.8. The number of nitrogens with zero attached hydrogens (tertiary/aromatic N) is 1. The first-order valence-corrected chi connectivity index (χ1v) is 9.77. The molecule has 1 N–H and O–H groups in total. The number of rotatable bonds is 4. The van der Waals surface area contributed by atoms with Gasteiger partial charge in [0, 0.05) is 36.5 Å². The van der Waals surface area contributed by atoms with Gasteiger partial charge in [0.25, 0.3) is 0 Å². The Balaban J connectivity index is 1.58. The highest BCUT2D eigenvalue weighted by molar-refractivity contribution is 6.31. The highest BCUT2D eigenvalue weighted by Gasteiger charge is 2.34. The second-order valence-corrected chi connectivity index (χ2v) is 8.56. The van der Waals surface area contributed by atoms with Crippen molar-refractivity contribution in [2.24, 2.45) is 0 Å². The molecular weight excluding hydrogens is 362 g/mol. The van der Waals surface area contributed by atoms with E-state index in [1.165, 1.54) is 16.7 Å². The summed E-state index contributed by atoms with van der Waals surface area (Å²) in [6.45, 7) is 5.92. The van der Waals surface area contributed by atoms with E-state index >= 15 is 0 Å². The second kappa shape index (κ2) is 6.75. The van der Waals surface area contributed by atoms with Gasteiger partial charge < -0.3 is 14.7 Å². The van der Waals surface area contributed by atoms with Crippen LogP contribution in [0.1, 0.15) is 42.5 Å². The second-order valence-electron chi connectivity index (χ2n) is 8.12. The van der Waals surface area contributed by atoms with Gasteiger partial charge in [0.15, 0.2) is 0 Å². The van der Waals surface area contributed by atoms with E-state index < -0.39 is 5.97 Å². The number of benzene rings is 2. The molecule has 0 saturated heterocycles. The van der Waals surface area contributed by atoms with E-state index in [4.69, 9.17) is 21.4 Å². The summed E-state index contributed by atoms with van der Waals surface area (Å²) in [6.07, 6.45) is 2.55. The van der Waals surface area contributed by atoms with E-state index in [9.17, 15) is 4.79 Å². The van der Waals surface area contributed by atoms with E-state index in [0.29, 0.717) is 6.42 Å². The minimum absolute atomic E-state index is 0.173. The summed E-state index contributed by atoms with van der Waals surface area (Å²) in [5.74, 6) is 0.211. The van der Waals surface area contributed by atoms with Gasteiger partial charge in [-0.2, -0.15) is 0 Å².